The fourth-order valence-electron chi connectivity index (χ4n) is 7.25. The van der Waals surface area contributed by atoms with E-state index in [1.165, 1.54) is 33.3 Å². The van der Waals surface area contributed by atoms with Gasteiger partial charge < -0.3 is 14.5 Å². The molecule has 426 valence electrons. The molecule has 0 spiro atoms. The highest BCUT2D eigenvalue weighted by atomic mass is 16.5. The van der Waals surface area contributed by atoms with Crippen LogP contribution in [0.2, 0.25) is 0 Å². The smallest absolute Gasteiger partial charge is 0.187 e. The van der Waals surface area contributed by atoms with E-state index in [0.29, 0.717) is 18.3 Å². The molecule has 97 heavy (non-hydrogen) atoms. The van der Waals surface area contributed by atoms with Crippen molar-refractivity contribution >= 4 is 16.6 Å². The van der Waals surface area contributed by atoms with Crippen LogP contribution < -0.4 is 9.47 Å². The lowest BCUT2D eigenvalue weighted by Crippen LogP contribution is -2.39. The molecule has 5 heteroatoms. The van der Waals surface area contributed by atoms with Crippen LogP contribution >= 0.6 is 0 Å². The lowest BCUT2D eigenvalue weighted by molar-refractivity contribution is 0.158. The third-order valence-electron chi connectivity index (χ3n) is 11.0. The van der Waals surface area contributed by atoms with Crippen molar-refractivity contribution in [2.24, 2.45) is 0 Å². The molecule has 3 aromatic carbocycles. The molecule has 0 aliphatic carbocycles. The van der Waals surface area contributed by atoms with Crippen LogP contribution in [0.25, 0.3) is 15.7 Å². The molecule has 0 amide bonds. The first-order chi connectivity index (χ1) is 48.1. The zero-order valence-corrected chi connectivity index (χ0v) is 51.6. The van der Waals surface area contributed by atoms with Crippen LogP contribution in [-0.4, -0.2) is 23.5 Å². The van der Waals surface area contributed by atoms with Crippen LogP contribution in [0, 0.1) is 374 Å². The first kappa shape index (κ1) is 70.4. The van der Waals surface area contributed by atoms with Gasteiger partial charge in [-0.2, -0.15) is 0 Å². The van der Waals surface area contributed by atoms with E-state index in [9.17, 15) is 0 Å². The van der Waals surface area contributed by atoms with E-state index in [0.717, 1.165) is 43.0 Å². The van der Waals surface area contributed by atoms with Gasteiger partial charge in [0.15, 0.2) is 17.2 Å². The Morgan fingerprint density at radius 2 is 0.732 bits per heavy atom. The quantitative estimate of drug-likeness (QED) is 0.176. The predicted molar refractivity (Wildman–Crippen MR) is 381 cm³/mol. The molecule has 2 aliphatic rings. The predicted octanol–water partition coefficient (Wildman–Crippen LogP) is 7.09. The summed E-state index contributed by atoms with van der Waals surface area (Å²) in [5, 5.41) is 1.34. The van der Waals surface area contributed by atoms with Crippen molar-refractivity contribution in [3.8, 4) is 379 Å². The Morgan fingerprint density at radius 3 is 1.04 bits per heavy atom. The summed E-state index contributed by atoms with van der Waals surface area (Å²) in [6.07, 6.45) is 2.00. The van der Waals surface area contributed by atoms with Gasteiger partial charge in [-0.25, -0.2) is 4.85 Å². The molecule has 1 N–H and O–H groups in total. The number of ether oxygens (including phenoxy) is 2. The van der Waals surface area contributed by atoms with E-state index in [4.69, 9.17) is 16.0 Å². The summed E-state index contributed by atoms with van der Waals surface area (Å²) in [7, 11) is 1.71. The normalized spacial score (nSPS) is 8.41. The Morgan fingerprint density at radius 1 is 0.412 bits per heavy atom. The van der Waals surface area contributed by atoms with Crippen LogP contribution in [0.15, 0.2) is 60.7 Å². The lowest BCUT2D eigenvalue weighted by Gasteiger charge is -2.40. The summed E-state index contributed by atoms with van der Waals surface area (Å²) in [4.78, 5) is 9.67. The zero-order chi connectivity index (χ0) is 68.2. The van der Waals surface area contributed by atoms with Crippen LogP contribution in [0.3, 0.4) is 0 Å². The third kappa shape index (κ3) is 30.7. The number of methoxy groups -OCH3 is 1. The molecular formula is C92H31N3O2. The van der Waals surface area contributed by atoms with E-state index >= 15 is 0 Å². The Labute approximate surface area is 570 Å². The van der Waals surface area contributed by atoms with Crippen LogP contribution in [-0.2, 0) is 26.0 Å². The molecule has 0 radical (unpaired) electrons. The maximum Gasteiger partial charge on any atom is 0.187 e. The Kier molecular flexibility index (Phi) is 34.6. The SMILES string of the molecule is CC#CC#CC#CC#CC#CC#CC#CC#CC#CC#CC#CC#CC#CC#CC#CC#CC#CC#CC#CC#CC#CC#CC#CC#CC#CC#CC#CC#CC#CC#CC#CC.[C-]#[N+]c1ccc(COc2cc3c(cc2OC)C2Cc4c([nH]c5ccccc45)CN2CC3)cc1. The van der Waals surface area contributed by atoms with Gasteiger partial charge in [-0.3, -0.25) is 4.90 Å². The summed E-state index contributed by atoms with van der Waals surface area (Å²) >= 11 is 0. The van der Waals surface area contributed by atoms with Gasteiger partial charge in [-0.05, 0) is 162 Å². The average Bonchev–Trinajstić information content (AvgIpc) is 1.74. The number of para-hydroxylation sites is 1. The minimum Gasteiger partial charge on any atom is -0.493 e. The fraction of sp³-hybridized carbons (Fsp3) is 0.0978. The second kappa shape index (κ2) is 47.7. The van der Waals surface area contributed by atoms with Gasteiger partial charge in [0.25, 0.3) is 0 Å². The lowest BCUT2D eigenvalue weighted by atomic mass is 9.85. The van der Waals surface area contributed by atoms with Crippen LogP contribution in [0.1, 0.15) is 47.8 Å². The topological polar surface area (TPSA) is 41.9 Å². The van der Waals surface area contributed by atoms with Gasteiger partial charge >= 0.3 is 0 Å². The molecule has 3 heterocycles. The van der Waals surface area contributed by atoms with Gasteiger partial charge in [-0.1, -0.05) is 54.3 Å². The summed E-state index contributed by atoms with van der Waals surface area (Å²) in [5.41, 5.74) is 8.40. The molecule has 6 rings (SSSR count). The zero-order valence-electron chi connectivity index (χ0n) is 51.6. The highest BCUT2D eigenvalue weighted by Gasteiger charge is 2.34. The summed E-state index contributed by atoms with van der Waals surface area (Å²) in [6, 6.07) is 20.9. The van der Waals surface area contributed by atoms with E-state index in [1.54, 1.807) is 21.0 Å². The number of rotatable bonds is 4. The Bertz CT molecular complexity index is 5860. The van der Waals surface area contributed by atoms with E-state index in [1.807, 2.05) is 24.3 Å². The van der Waals surface area contributed by atoms with Crippen molar-refractivity contribution in [1.82, 2.24) is 9.88 Å². The number of aromatic nitrogens is 1. The molecule has 0 saturated heterocycles. The van der Waals surface area contributed by atoms with Crippen molar-refractivity contribution in [2.75, 3.05) is 13.7 Å². The van der Waals surface area contributed by atoms with Crippen molar-refractivity contribution in [3.05, 3.63) is 100 Å². The molecule has 5 nitrogen and oxygen atoms in total. The number of H-pyrrole nitrogens is 1. The molecule has 4 aromatic rings. The molecule has 0 saturated carbocycles. The van der Waals surface area contributed by atoms with Crippen molar-refractivity contribution in [1.29, 1.82) is 0 Å². The van der Waals surface area contributed by atoms with E-state index < -0.39 is 0 Å². The molecule has 0 fully saturated rings. The third-order valence-corrected chi connectivity index (χ3v) is 11.0. The molecular weight excluding hydrogens is 1180 g/mol. The minimum atomic E-state index is 0.351. The van der Waals surface area contributed by atoms with Gasteiger partial charge in [0.1, 0.15) is 6.61 Å². The first-order valence-electron chi connectivity index (χ1n) is 27.6. The van der Waals surface area contributed by atoms with E-state index in [2.05, 4.69) is 418 Å². The van der Waals surface area contributed by atoms with Crippen molar-refractivity contribution in [3.63, 3.8) is 0 Å². The fourth-order valence-corrected chi connectivity index (χ4v) is 7.25. The van der Waals surface area contributed by atoms with Gasteiger partial charge in [-0.15, -0.1) is 0 Å². The molecule has 1 aromatic heterocycles. The number of hydrogen-bond acceptors (Lipinski definition) is 3. The standard InChI is InChI=1S/C64H6.C28H25N3O2/c1-3-5-7-9-11-13-15-17-19-21-23-25-27-29-31-33-35-37-39-41-43-45-47-49-51-53-55-57-59-61-63-64-62-60-58-56-54-52-50-48-46-44-42-40-38-36-34-32-30-28-26-24-22-20-18-16-14-12-10-8-6-4-2;1-29-20-9-7-18(8-10-20)17-33-28-13-19-11-12-31-16-25-23(21-5-3-4-6-24(21)30-25)14-26(31)22(19)15-27(28)32-2/h1-2H3;3-10,13,15,26,30H,11-12,14,16-17H2,2H3. The second-order valence-corrected chi connectivity index (χ2v) is 16.8. The van der Waals surface area contributed by atoms with Crippen LogP contribution in [0.5, 0.6) is 11.5 Å². The maximum atomic E-state index is 7.10. The highest BCUT2D eigenvalue weighted by Crippen LogP contribution is 2.44. The monoisotopic (exact) mass is 1210 g/mol. The van der Waals surface area contributed by atoms with Crippen molar-refractivity contribution < 1.29 is 9.47 Å². The minimum absolute atomic E-state index is 0.351. The number of nitrogens with zero attached hydrogens (tertiary/aromatic N) is 2. The summed E-state index contributed by atoms with van der Waals surface area (Å²) in [5.74, 6) is 157. The van der Waals surface area contributed by atoms with Gasteiger partial charge in [0.05, 0.1) is 13.7 Å². The largest absolute Gasteiger partial charge is 0.493 e. The van der Waals surface area contributed by atoms with Gasteiger partial charge in [0, 0.05) is 296 Å². The maximum absolute atomic E-state index is 7.10. The Hall–Kier alpha value is -17.4. The molecule has 1 unspecified atom stereocenters. The molecule has 2 aliphatic heterocycles. The number of hydrogen-bond donors (Lipinski definition) is 1. The summed E-state index contributed by atoms with van der Waals surface area (Å²) in [6.45, 7) is 12.9. The number of aromatic amines is 1. The molecule has 0 bridgehead atoms. The second-order valence-electron chi connectivity index (χ2n) is 16.8. The van der Waals surface area contributed by atoms with E-state index in [-0.39, 0.29) is 0 Å². The number of benzene rings is 3. The Balaban J connectivity index is 0.000000421. The number of nitrogens with one attached hydrogen (secondary N) is 1. The van der Waals surface area contributed by atoms with Crippen molar-refractivity contribution in [2.45, 2.75) is 45.9 Å². The first-order valence-corrected chi connectivity index (χ1v) is 27.6. The molecule has 1 atom stereocenters. The highest BCUT2D eigenvalue weighted by molar-refractivity contribution is 5.85. The summed E-state index contributed by atoms with van der Waals surface area (Å²) < 4.78 is 11.9. The van der Waals surface area contributed by atoms with Gasteiger partial charge in [0.2, 0.25) is 0 Å². The number of fused-ring (bicyclic) bond motifs is 6. The van der Waals surface area contributed by atoms with Crippen LogP contribution in [0.4, 0.5) is 5.69 Å². The average molecular weight is 1210 g/mol.